The summed E-state index contributed by atoms with van der Waals surface area (Å²) in [5, 5.41) is 0. The maximum atomic E-state index is 2.28. The third kappa shape index (κ3) is 17.1. The second-order valence-corrected chi connectivity index (χ2v) is 9.01. The molecule has 0 fully saturated rings. The minimum absolute atomic E-state index is 1.34. The lowest BCUT2D eigenvalue weighted by molar-refractivity contribution is 0.659. The van der Waals surface area contributed by atoms with Gasteiger partial charge in [-0.1, -0.05) is 86.8 Å². The Labute approximate surface area is 121 Å². The van der Waals surface area contributed by atoms with Crippen molar-refractivity contribution in [3.63, 3.8) is 0 Å². The van der Waals surface area contributed by atoms with Crippen molar-refractivity contribution < 1.29 is 0 Å². The lowest BCUT2D eigenvalue weighted by Gasteiger charge is -2.01. The molecule has 0 rings (SSSR count). The highest BCUT2D eigenvalue weighted by Gasteiger charge is 1.94. The van der Waals surface area contributed by atoms with E-state index in [4.69, 9.17) is 0 Å². The predicted octanol–water partition coefficient (Wildman–Crippen LogP) is 6.96. The van der Waals surface area contributed by atoms with Crippen LogP contribution >= 0.6 is 31.4 Å². The summed E-state index contributed by atoms with van der Waals surface area (Å²) in [4.78, 5) is 0. The average Bonchev–Trinajstić information content (AvgIpc) is 2.35. The van der Waals surface area contributed by atoms with E-state index in [1.165, 1.54) is 75.7 Å². The standard InChI is InChI=1S/C14H30S3/c1-3-5-7-9-11-13-15-17-16-14-12-10-8-6-4-2/h3-14H2,1-2H3. The van der Waals surface area contributed by atoms with Gasteiger partial charge in [-0.25, -0.2) is 0 Å². The van der Waals surface area contributed by atoms with Gasteiger partial charge >= 0.3 is 0 Å². The van der Waals surface area contributed by atoms with Gasteiger partial charge in [0, 0.05) is 11.5 Å². The third-order valence-electron chi connectivity index (χ3n) is 2.76. The van der Waals surface area contributed by atoms with Gasteiger partial charge in [0.2, 0.25) is 0 Å². The van der Waals surface area contributed by atoms with Crippen molar-refractivity contribution >= 4 is 31.4 Å². The Bertz CT molecular complexity index is 115. The van der Waals surface area contributed by atoms with Crippen LogP contribution in [0.3, 0.4) is 0 Å². The minimum atomic E-state index is 1.34. The maximum absolute atomic E-state index is 2.28. The molecule has 0 atom stereocenters. The van der Waals surface area contributed by atoms with Crippen LogP contribution in [0.1, 0.15) is 78.1 Å². The average molecular weight is 295 g/mol. The van der Waals surface area contributed by atoms with E-state index in [-0.39, 0.29) is 0 Å². The van der Waals surface area contributed by atoms with Gasteiger partial charge in [-0.15, -0.1) is 0 Å². The first kappa shape index (κ1) is 18.0. The van der Waals surface area contributed by atoms with E-state index in [1.54, 1.807) is 0 Å². The molecule has 0 aliphatic carbocycles. The van der Waals surface area contributed by atoms with Crippen molar-refractivity contribution in [1.29, 1.82) is 0 Å². The van der Waals surface area contributed by atoms with E-state index in [2.05, 4.69) is 35.4 Å². The summed E-state index contributed by atoms with van der Waals surface area (Å²) in [6.45, 7) is 4.56. The van der Waals surface area contributed by atoms with Crippen molar-refractivity contribution in [3.05, 3.63) is 0 Å². The summed E-state index contributed by atoms with van der Waals surface area (Å²) in [5.74, 6) is 2.69. The van der Waals surface area contributed by atoms with Gasteiger partial charge in [0.25, 0.3) is 0 Å². The molecule has 3 heteroatoms. The number of rotatable bonds is 14. The normalized spacial score (nSPS) is 10.9. The molecule has 0 saturated carbocycles. The largest absolute Gasteiger partial charge is 0.0826 e. The molecule has 0 aromatic carbocycles. The van der Waals surface area contributed by atoms with Gasteiger partial charge < -0.3 is 0 Å². The lowest BCUT2D eigenvalue weighted by Crippen LogP contribution is -1.80. The quantitative estimate of drug-likeness (QED) is 0.251. The summed E-state index contributed by atoms with van der Waals surface area (Å²) in [6, 6.07) is 0. The summed E-state index contributed by atoms with van der Waals surface area (Å²) in [7, 11) is 6.13. The molecule has 0 radical (unpaired) electrons. The molecule has 0 nitrogen and oxygen atoms in total. The fraction of sp³-hybridized carbons (Fsp3) is 1.00. The minimum Gasteiger partial charge on any atom is -0.0826 e. The SMILES string of the molecule is CCCCCCCSSSCCCCCCC. The Morgan fingerprint density at radius 2 is 0.941 bits per heavy atom. The smallest absolute Gasteiger partial charge is 0.00451 e. The predicted molar refractivity (Wildman–Crippen MR) is 90.0 cm³/mol. The molecular weight excluding hydrogens is 264 g/mol. The molecule has 0 aromatic heterocycles. The van der Waals surface area contributed by atoms with Crippen LogP contribution in [0.4, 0.5) is 0 Å². The van der Waals surface area contributed by atoms with E-state index in [0.29, 0.717) is 0 Å². The zero-order valence-electron chi connectivity index (χ0n) is 11.7. The molecule has 0 unspecified atom stereocenters. The van der Waals surface area contributed by atoms with E-state index < -0.39 is 0 Å². The van der Waals surface area contributed by atoms with Crippen LogP contribution in [0.5, 0.6) is 0 Å². The van der Waals surface area contributed by atoms with E-state index in [1.807, 2.05) is 9.83 Å². The van der Waals surface area contributed by atoms with E-state index in [0.717, 1.165) is 0 Å². The molecule has 0 N–H and O–H groups in total. The second-order valence-electron chi connectivity index (χ2n) is 4.54. The Morgan fingerprint density at radius 3 is 1.35 bits per heavy atom. The van der Waals surface area contributed by atoms with Gasteiger partial charge in [-0.2, -0.15) is 0 Å². The summed E-state index contributed by atoms with van der Waals surface area (Å²) >= 11 is 0. The molecule has 17 heavy (non-hydrogen) atoms. The van der Waals surface area contributed by atoms with Crippen LogP contribution in [0.15, 0.2) is 0 Å². The third-order valence-corrected chi connectivity index (χ3v) is 7.17. The van der Waals surface area contributed by atoms with Gasteiger partial charge in [0.05, 0.1) is 0 Å². The first-order chi connectivity index (χ1) is 8.41. The van der Waals surface area contributed by atoms with Crippen LogP contribution in [0.25, 0.3) is 0 Å². The molecule has 104 valence electrons. The van der Waals surface area contributed by atoms with Crippen molar-refractivity contribution in [1.82, 2.24) is 0 Å². The molecule has 0 aliphatic rings. The molecule has 0 heterocycles. The highest BCUT2D eigenvalue weighted by atomic mass is 33.5. The van der Waals surface area contributed by atoms with E-state index in [9.17, 15) is 0 Å². The fourth-order valence-electron chi connectivity index (χ4n) is 1.63. The van der Waals surface area contributed by atoms with Crippen LogP contribution in [0, 0.1) is 0 Å². The topological polar surface area (TPSA) is 0 Å². The molecule has 0 amide bonds. The second kappa shape index (κ2) is 17.1. The summed E-state index contributed by atoms with van der Waals surface area (Å²) in [6.07, 6.45) is 14.1. The number of hydrogen-bond acceptors (Lipinski definition) is 3. The zero-order valence-corrected chi connectivity index (χ0v) is 14.2. The Kier molecular flexibility index (Phi) is 18.1. The molecule has 0 aliphatic heterocycles. The Hall–Kier alpha value is 1.05. The monoisotopic (exact) mass is 294 g/mol. The maximum Gasteiger partial charge on any atom is 0.00451 e. The number of unbranched alkanes of at least 4 members (excludes halogenated alkanes) is 8. The summed E-state index contributed by atoms with van der Waals surface area (Å²) in [5.41, 5.74) is 0. The van der Waals surface area contributed by atoms with Crippen molar-refractivity contribution in [2.24, 2.45) is 0 Å². The molecule has 0 bridgehead atoms. The van der Waals surface area contributed by atoms with Crippen LogP contribution in [-0.2, 0) is 0 Å². The van der Waals surface area contributed by atoms with Gasteiger partial charge in [-0.3, -0.25) is 0 Å². The molecule has 0 aromatic rings. The van der Waals surface area contributed by atoms with Gasteiger partial charge in [0.1, 0.15) is 0 Å². The zero-order chi connectivity index (χ0) is 12.6. The van der Waals surface area contributed by atoms with Crippen LogP contribution in [-0.4, -0.2) is 11.5 Å². The lowest BCUT2D eigenvalue weighted by atomic mass is 10.2. The van der Waals surface area contributed by atoms with E-state index >= 15 is 0 Å². The van der Waals surface area contributed by atoms with Crippen LogP contribution < -0.4 is 0 Å². The highest BCUT2D eigenvalue weighted by Crippen LogP contribution is 2.35. The van der Waals surface area contributed by atoms with Gasteiger partial charge in [0.15, 0.2) is 0 Å². The first-order valence-corrected chi connectivity index (χ1v) is 11.1. The summed E-state index contributed by atoms with van der Waals surface area (Å²) < 4.78 is 0. The van der Waals surface area contributed by atoms with Crippen LogP contribution in [0.2, 0.25) is 0 Å². The number of hydrogen-bond donors (Lipinski definition) is 0. The Morgan fingerprint density at radius 1 is 0.529 bits per heavy atom. The van der Waals surface area contributed by atoms with Crippen molar-refractivity contribution in [3.8, 4) is 0 Å². The molecule has 0 spiro atoms. The molecular formula is C14H30S3. The van der Waals surface area contributed by atoms with Gasteiger partial charge in [-0.05, 0) is 22.7 Å². The van der Waals surface area contributed by atoms with Crippen molar-refractivity contribution in [2.75, 3.05) is 11.5 Å². The first-order valence-electron chi connectivity index (χ1n) is 7.32. The van der Waals surface area contributed by atoms with Crippen molar-refractivity contribution in [2.45, 2.75) is 78.1 Å². The molecule has 0 saturated heterocycles. The Balaban J connectivity index is 2.85. The highest BCUT2D eigenvalue weighted by molar-refractivity contribution is 9.09. The fourth-order valence-corrected chi connectivity index (χ4v) is 5.64.